The number of hydrogen-bond donors (Lipinski definition) is 1. The molecule has 1 unspecified atom stereocenters. The molecule has 8 heteroatoms. The van der Waals surface area contributed by atoms with Crippen LogP contribution in [0.2, 0.25) is 0 Å². The summed E-state index contributed by atoms with van der Waals surface area (Å²) in [4.78, 5) is 29.9. The molecule has 4 rings (SSSR count). The zero-order valence-corrected chi connectivity index (χ0v) is 18.2. The molecule has 1 fully saturated rings. The third-order valence-corrected chi connectivity index (χ3v) is 6.40. The molecular weight excluding hydrogens is 432 g/mol. The van der Waals surface area contributed by atoms with E-state index in [1.807, 2.05) is 22.4 Å². The van der Waals surface area contributed by atoms with Gasteiger partial charge in [0.05, 0.1) is 18.2 Å². The van der Waals surface area contributed by atoms with Gasteiger partial charge in [-0.3, -0.25) is 14.5 Å². The highest BCUT2D eigenvalue weighted by Crippen LogP contribution is 2.26. The number of hydrogen-bond acceptors (Lipinski definition) is 4. The topological polar surface area (TPSA) is 52.7 Å². The third-order valence-electron chi connectivity index (χ3n) is 5.47. The van der Waals surface area contributed by atoms with Gasteiger partial charge in [-0.1, -0.05) is 30.3 Å². The number of benzene rings is 2. The number of carbonyl (C=O) groups excluding carboxylic acids is 2. The summed E-state index contributed by atoms with van der Waals surface area (Å²) >= 11 is 1.52. The fourth-order valence-electron chi connectivity index (χ4n) is 3.75. The fourth-order valence-corrected chi connectivity index (χ4v) is 4.56. The van der Waals surface area contributed by atoms with Crippen LogP contribution in [0.5, 0.6) is 0 Å². The standard InChI is InChI=1S/C24H23F2N3O2S/c25-18-9-7-17(8-10-18)23(21-6-3-15-32-21)27-22(30)16-28-11-13-29(14-12-28)24(31)19-4-1-2-5-20(19)26/h1-10,15,23H,11-14,16H2,(H,27,30). The normalized spacial score (nSPS) is 15.4. The van der Waals surface area contributed by atoms with Crippen molar-refractivity contribution in [3.05, 3.63) is 93.7 Å². The van der Waals surface area contributed by atoms with Crippen LogP contribution in [0.1, 0.15) is 26.8 Å². The van der Waals surface area contributed by atoms with E-state index in [2.05, 4.69) is 5.32 Å². The lowest BCUT2D eigenvalue weighted by Crippen LogP contribution is -2.51. The summed E-state index contributed by atoms with van der Waals surface area (Å²) in [7, 11) is 0. The van der Waals surface area contributed by atoms with Crippen LogP contribution in [0, 0.1) is 11.6 Å². The Balaban J connectivity index is 1.34. The molecule has 2 heterocycles. The molecule has 0 bridgehead atoms. The van der Waals surface area contributed by atoms with Crippen molar-refractivity contribution >= 4 is 23.2 Å². The van der Waals surface area contributed by atoms with Gasteiger partial charge in [-0.2, -0.15) is 0 Å². The molecule has 1 atom stereocenters. The first-order valence-corrected chi connectivity index (χ1v) is 11.2. The molecule has 2 aromatic carbocycles. The molecule has 166 valence electrons. The number of carbonyl (C=O) groups is 2. The van der Waals surface area contributed by atoms with Crippen LogP contribution in [-0.2, 0) is 4.79 Å². The summed E-state index contributed by atoms with van der Waals surface area (Å²) < 4.78 is 27.3. The minimum atomic E-state index is -0.528. The number of amides is 2. The lowest BCUT2D eigenvalue weighted by molar-refractivity contribution is -0.123. The summed E-state index contributed by atoms with van der Waals surface area (Å²) in [5.74, 6) is -1.34. The highest BCUT2D eigenvalue weighted by Gasteiger charge is 2.26. The quantitative estimate of drug-likeness (QED) is 0.617. The summed E-state index contributed by atoms with van der Waals surface area (Å²) in [6, 6.07) is 15.6. The van der Waals surface area contributed by atoms with Gasteiger partial charge in [-0.25, -0.2) is 8.78 Å². The van der Waals surface area contributed by atoms with E-state index in [1.165, 1.54) is 35.6 Å². The van der Waals surface area contributed by atoms with E-state index >= 15 is 0 Å². The Hall–Kier alpha value is -3.10. The molecule has 2 amide bonds. The Labute approximate surface area is 189 Å². The van der Waals surface area contributed by atoms with Gasteiger partial charge in [-0.15, -0.1) is 11.3 Å². The molecule has 0 saturated carbocycles. The Morgan fingerprint density at radius 2 is 1.66 bits per heavy atom. The first-order chi connectivity index (χ1) is 15.5. The van der Waals surface area contributed by atoms with Gasteiger partial charge in [-0.05, 0) is 41.3 Å². The molecular formula is C24H23F2N3O2S. The van der Waals surface area contributed by atoms with Gasteiger partial charge in [0.25, 0.3) is 5.91 Å². The van der Waals surface area contributed by atoms with Crippen molar-refractivity contribution in [2.45, 2.75) is 6.04 Å². The maximum atomic E-state index is 13.9. The highest BCUT2D eigenvalue weighted by atomic mass is 32.1. The van der Waals surface area contributed by atoms with Crippen molar-refractivity contribution in [3.8, 4) is 0 Å². The van der Waals surface area contributed by atoms with Crippen LogP contribution in [-0.4, -0.2) is 54.3 Å². The average Bonchev–Trinajstić information content (AvgIpc) is 3.33. The van der Waals surface area contributed by atoms with E-state index in [9.17, 15) is 18.4 Å². The van der Waals surface area contributed by atoms with Gasteiger partial charge in [0.15, 0.2) is 0 Å². The highest BCUT2D eigenvalue weighted by molar-refractivity contribution is 7.10. The number of thiophene rings is 1. The van der Waals surface area contributed by atoms with Crippen molar-refractivity contribution in [1.29, 1.82) is 0 Å². The van der Waals surface area contributed by atoms with Crippen molar-refractivity contribution in [1.82, 2.24) is 15.1 Å². The molecule has 1 saturated heterocycles. The molecule has 1 N–H and O–H groups in total. The Morgan fingerprint density at radius 3 is 2.31 bits per heavy atom. The molecule has 1 aliphatic heterocycles. The molecule has 0 radical (unpaired) electrons. The Morgan fingerprint density at radius 1 is 0.938 bits per heavy atom. The van der Waals surface area contributed by atoms with Gasteiger partial charge < -0.3 is 10.2 Å². The predicted octanol–water partition coefficient (Wildman–Crippen LogP) is 3.69. The molecule has 0 spiro atoms. The van der Waals surface area contributed by atoms with Crippen LogP contribution < -0.4 is 5.32 Å². The SMILES string of the molecule is O=C(CN1CCN(C(=O)c2ccccc2F)CC1)NC(c1ccc(F)cc1)c1cccs1. The summed E-state index contributed by atoms with van der Waals surface area (Å²) in [6.45, 7) is 2.08. The van der Waals surface area contributed by atoms with Crippen LogP contribution in [0.15, 0.2) is 66.0 Å². The van der Waals surface area contributed by atoms with Crippen molar-refractivity contribution < 1.29 is 18.4 Å². The first-order valence-electron chi connectivity index (χ1n) is 10.4. The number of piperazine rings is 1. The van der Waals surface area contributed by atoms with Crippen molar-refractivity contribution in [2.24, 2.45) is 0 Å². The smallest absolute Gasteiger partial charge is 0.256 e. The fraction of sp³-hybridized carbons (Fsp3) is 0.250. The summed E-state index contributed by atoms with van der Waals surface area (Å²) in [6.07, 6.45) is 0. The molecule has 5 nitrogen and oxygen atoms in total. The van der Waals surface area contributed by atoms with Gasteiger partial charge in [0.1, 0.15) is 11.6 Å². The summed E-state index contributed by atoms with van der Waals surface area (Å²) in [5.41, 5.74) is 0.874. The van der Waals surface area contributed by atoms with E-state index in [1.54, 1.807) is 29.2 Å². The molecule has 32 heavy (non-hydrogen) atoms. The van der Waals surface area contributed by atoms with E-state index in [0.29, 0.717) is 26.2 Å². The van der Waals surface area contributed by atoms with Crippen LogP contribution in [0.3, 0.4) is 0 Å². The van der Waals surface area contributed by atoms with E-state index in [0.717, 1.165) is 10.4 Å². The Kier molecular flexibility index (Phi) is 6.92. The number of halogens is 2. The maximum absolute atomic E-state index is 13.9. The molecule has 1 aliphatic rings. The van der Waals surface area contributed by atoms with Gasteiger partial charge in [0.2, 0.25) is 5.91 Å². The van der Waals surface area contributed by atoms with Gasteiger partial charge >= 0.3 is 0 Å². The monoisotopic (exact) mass is 455 g/mol. The molecule has 3 aromatic rings. The van der Waals surface area contributed by atoms with Crippen molar-refractivity contribution in [2.75, 3.05) is 32.7 Å². The van der Waals surface area contributed by atoms with Crippen LogP contribution >= 0.6 is 11.3 Å². The number of nitrogens with zero attached hydrogens (tertiary/aromatic N) is 2. The minimum Gasteiger partial charge on any atom is -0.343 e. The van der Waals surface area contributed by atoms with Crippen LogP contribution in [0.25, 0.3) is 0 Å². The van der Waals surface area contributed by atoms with Gasteiger partial charge in [0, 0.05) is 31.1 Å². The lowest BCUT2D eigenvalue weighted by atomic mass is 10.1. The number of rotatable bonds is 6. The zero-order chi connectivity index (χ0) is 22.5. The second-order valence-corrected chi connectivity index (χ2v) is 8.59. The molecule has 0 aliphatic carbocycles. The van der Waals surface area contributed by atoms with Crippen LogP contribution in [0.4, 0.5) is 8.78 Å². The second kappa shape index (κ2) is 10.0. The predicted molar refractivity (Wildman–Crippen MR) is 119 cm³/mol. The summed E-state index contributed by atoms with van der Waals surface area (Å²) in [5, 5.41) is 4.98. The third kappa shape index (κ3) is 5.20. The maximum Gasteiger partial charge on any atom is 0.256 e. The minimum absolute atomic E-state index is 0.0665. The van der Waals surface area contributed by atoms with E-state index in [4.69, 9.17) is 0 Å². The zero-order valence-electron chi connectivity index (χ0n) is 17.3. The molecule has 1 aromatic heterocycles. The van der Waals surface area contributed by atoms with Crippen molar-refractivity contribution in [3.63, 3.8) is 0 Å². The van der Waals surface area contributed by atoms with E-state index in [-0.39, 0.29) is 35.8 Å². The average molecular weight is 456 g/mol. The van der Waals surface area contributed by atoms with E-state index < -0.39 is 5.82 Å². The largest absolute Gasteiger partial charge is 0.343 e. The first kappa shape index (κ1) is 22.1. The lowest BCUT2D eigenvalue weighted by Gasteiger charge is -2.34. The number of nitrogens with one attached hydrogen (secondary N) is 1. The second-order valence-electron chi connectivity index (χ2n) is 7.62. The Bertz CT molecular complexity index is 1070.